The van der Waals surface area contributed by atoms with Crippen LogP contribution in [0.4, 0.5) is 0 Å². The highest BCUT2D eigenvalue weighted by Crippen LogP contribution is 2.24. The predicted molar refractivity (Wildman–Crippen MR) is 95.7 cm³/mol. The van der Waals surface area contributed by atoms with Gasteiger partial charge in [-0.25, -0.2) is 9.48 Å². The number of para-hydroxylation sites is 1. The van der Waals surface area contributed by atoms with Crippen molar-refractivity contribution in [2.75, 3.05) is 7.11 Å². The van der Waals surface area contributed by atoms with Gasteiger partial charge in [-0.15, -0.1) is 0 Å². The molecule has 2 aromatic carbocycles. The number of benzene rings is 2. The van der Waals surface area contributed by atoms with E-state index in [9.17, 15) is 4.79 Å². The van der Waals surface area contributed by atoms with Crippen molar-refractivity contribution in [3.8, 4) is 11.4 Å². The Morgan fingerprint density at radius 2 is 1.88 bits per heavy atom. The first-order valence-electron chi connectivity index (χ1n) is 7.38. The van der Waals surface area contributed by atoms with Crippen LogP contribution in [0.2, 0.25) is 10.0 Å². The summed E-state index contributed by atoms with van der Waals surface area (Å²) in [7, 11) is 1.47. The fourth-order valence-electron chi connectivity index (χ4n) is 2.21. The molecule has 1 heterocycles. The van der Waals surface area contributed by atoms with Gasteiger partial charge >= 0.3 is 5.97 Å². The van der Waals surface area contributed by atoms with E-state index in [1.54, 1.807) is 29.1 Å². The van der Waals surface area contributed by atoms with Crippen LogP contribution >= 0.6 is 23.2 Å². The smallest absolute Gasteiger partial charge is 0.363 e. The van der Waals surface area contributed by atoms with Gasteiger partial charge in [-0.2, -0.15) is 5.10 Å². The van der Waals surface area contributed by atoms with Crippen LogP contribution in [0.5, 0.6) is 5.75 Å². The van der Waals surface area contributed by atoms with E-state index in [4.69, 9.17) is 32.7 Å². The number of halogens is 2. The van der Waals surface area contributed by atoms with Gasteiger partial charge in [-0.3, -0.25) is 0 Å². The van der Waals surface area contributed by atoms with Crippen molar-refractivity contribution in [2.24, 2.45) is 0 Å². The number of hydrogen-bond donors (Lipinski definition) is 0. The third kappa shape index (κ3) is 3.95. The molecule has 3 aromatic rings. The monoisotopic (exact) mass is 376 g/mol. The summed E-state index contributed by atoms with van der Waals surface area (Å²) in [5.41, 5.74) is 1.64. The van der Waals surface area contributed by atoms with Crippen molar-refractivity contribution in [1.29, 1.82) is 0 Å². The Balaban J connectivity index is 1.77. The molecule has 7 heteroatoms. The van der Waals surface area contributed by atoms with Gasteiger partial charge in [0, 0.05) is 0 Å². The molecule has 0 saturated carbocycles. The van der Waals surface area contributed by atoms with Gasteiger partial charge < -0.3 is 9.47 Å². The number of methoxy groups -OCH3 is 1. The van der Waals surface area contributed by atoms with Crippen LogP contribution < -0.4 is 4.74 Å². The molecule has 0 fully saturated rings. The number of esters is 1. The SMILES string of the molecule is COc1cn(-c2ccccc2)nc1C(=O)OCc1ccc(Cl)c(Cl)c1. The fraction of sp³-hybridized carbons (Fsp3) is 0.111. The lowest BCUT2D eigenvalue weighted by molar-refractivity contribution is 0.0461. The number of ether oxygens (including phenoxy) is 2. The quantitative estimate of drug-likeness (QED) is 0.613. The van der Waals surface area contributed by atoms with Gasteiger partial charge in [0.05, 0.1) is 29.0 Å². The van der Waals surface area contributed by atoms with E-state index in [2.05, 4.69) is 5.10 Å². The summed E-state index contributed by atoms with van der Waals surface area (Å²) in [6.45, 7) is 0.0527. The van der Waals surface area contributed by atoms with Crippen molar-refractivity contribution in [2.45, 2.75) is 6.61 Å². The topological polar surface area (TPSA) is 53.4 Å². The minimum Gasteiger partial charge on any atom is -0.493 e. The minimum atomic E-state index is -0.586. The highest BCUT2D eigenvalue weighted by Gasteiger charge is 2.20. The Labute approximate surface area is 154 Å². The van der Waals surface area contributed by atoms with Crippen LogP contribution in [0.15, 0.2) is 54.7 Å². The standard InChI is InChI=1S/C18H14Cl2N2O3/c1-24-16-10-22(13-5-3-2-4-6-13)21-17(16)18(23)25-11-12-7-8-14(19)15(20)9-12/h2-10H,11H2,1H3. The zero-order valence-electron chi connectivity index (χ0n) is 13.3. The van der Waals surface area contributed by atoms with E-state index < -0.39 is 5.97 Å². The molecule has 0 spiro atoms. The Hall–Kier alpha value is -2.50. The number of carbonyl (C=O) groups is 1. The molecular formula is C18H14Cl2N2O3. The second-order valence-electron chi connectivity index (χ2n) is 5.15. The van der Waals surface area contributed by atoms with Crippen molar-refractivity contribution in [1.82, 2.24) is 9.78 Å². The molecule has 0 amide bonds. The molecule has 0 radical (unpaired) electrons. The lowest BCUT2D eigenvalue weighted by Gasteiger charge is -2.05. The van der Waals surface area contributed by atoms with Gasteiger partial charge in [0.15, 0.2) is 5.75 Å². The third-order valence-electron chi connectivity index (χ3n) is 3.47. The molecule has 3 rings (SSSR count). The molecule has 0 aliphatic heterocycles. The van der Waals surface area contributed by atoms with E-state index in [0.29, 0.717) is 15.8 Å². The number of carbonyl (C=O) groups excluding carboxylic acids is 1. The first kappa shape index (κ1) is 17.3. The van der Waals surface area contributed by atoms with Crippen LogP contribution in [0.1, 0.15) is 16.1 Å². The van der Waals surface area contributed by atoms with Crippen molar-refractivity contribution >= 4 is 29.2 Å². The fourth-order valence-corrected chi connectivity index (χ4v) is 2.53. The molecule has 0 unspecified atom stereocenters. The summed E-state index contributed by atoms with van der Waals surface area (Å²) < 4.78 is 12.1. The average molecular weight is 377 g/mol. The first-order chi connectivity index (χ1) is 12.1. The molecule has 1 aromatic heterocycles. The Morgan fingerprint density at radius 3 is 2.56 bits per heavy atom. The van der Waals surface area contributed by atoms with Crippen LogP contribution in [-0.2, 0) is 11.3 Å². The molecule has 128 valence electrons. The van der Waals surface area contributed by atoms with E-state index in [0.717, 1.165) is 11.3 Å². The predicted octanol–water partition coefficient (Wildman–Crippen LogP) is 4.54. The summed E-state index contributed by atoms with van der Waals surface area (Å²) >= 11 is 11.8. The molecule has 0 saturated heterocycles. The summed E-state index contributed by atoms with van der Waals surface area (Å²) in [6, 6.07) is 14.4. The van der Waals surface area contributed by atoms with Crippen LogP contribution in [0.3, 0.4) is 0 Å². The Kier molecular flexibility index (Phi) is 5.26. The normalized spacial score (nSPS) is 10.5. The van der Waals surface area contributed by atoms with E-state index in [1.165, 1.54) is 7.11 Å². The third-order valence-corrected chi connectivity index (χ3v) is 4.21. The first-order valence-corrected chi connectivity index (χ1v) is 8.14. The van der Waals surface area contributed by atoms with Crippen LogP contribution in [0.25, 0.3) is 5.69 Å². The van der Waals surface area contributed by atoms with Crippen LogP contribution in [0, 0.1) is 0 Å². The zero-order chi connectivity index (χ0) is 17.8. The zero-order valence-corrected chi connectivity index (χ0v) is 14.8. The molecule has 25 heavy (non-hydrogen) atoms. The van der Waals surface area contributed by atoms with Crippen molar-refractivity contribution in [3.05, 3.63) is 76.0 Å². The molecule has 0 aliphatic carbocycles. The second-order valence-corrected chi connectivity index (χ2v) is 5.97. The summed E-state index contributed by atoms with van der Waals surface area (Å²) in [6.07, 6.45) is 1.63. The number of hydrogen-bond acceptors (Lipinski definition) is 4. The van der Waals surface area contributed by atoms with Gasteiger partial charge in [0.25, 0.3) is 0 Å². The van der Waals surface area contributed by atoms with Crippen molar-refractivity contribution < 1.29 is 14.3 Å². The van der Waals surface area contributed by atoms with E-state index >= 15 is 0 Å². The molecule has 0 aliphatic rings. The van der Waals surface area contributed by atoms with Gasteiger partial charge in [0.2, 0.25) is 5.69 Å². The Morgan fingerprint density at radius 1 is 1.12 bits per heavy atom. The van der Waals surface area contributed by atoms with Gasteiger partial charge in [-0.05, 0) is 29.8 Å². The molecule has 0 N–H and O–H groups in total. The summed E-state index contributed by atoms with van der Waals surface area (Å²) in [5, 5.41) is 5.11. The molecule has 5 nitrogen and oxygen atoms in total. The highest BCUT2D eigenvalue weighted by molar-refractivity contribution is 6.42. The van der Waals surface area contributed by atoms with Gasteiger partial charge in [-0.1, -0.05) is 47.5 Å². The summed E-state index contributed by atoms with van der Waals surface area (Å²) in [4.78, 5) is 12.4. The Bertz CT molecular complexity index is 895. The highest BCUT2D eigenvalue weighted by atomic mass is 35.5. The molecule has 0 bridgehead atoms. The minimum absolute atomic E-state index is 0.0527. The largest absolute Gasteiger partial charge is 0.493 e. The number of rotatable bonds is 5. The van der Waals surface area contributed by atoms with Gasteiger partial charge in [0.1, 0.15) is 6.61 Å². The maximum absolute atomic E-state index is 12.4. The second kappa shape index (κ2) is 7.59. The van der Waals surface area contributed by atoms with Crippen molar-refractivity contribution in [3.63, 3.8) is 0 Å². The average Bonchev–Trinajstić information content (AvgIpc) is 3.08. The van der Waals surface area contributed by atoms with Crippen LogP contribution in [-0.4, -0.2) is 22.9 Å². The molecular weight excluding hydrogens is 363 g/mol. The lowest BCUT2D eigenvalue weighted by atomic mass is 10.2. The number of nitrogens with zero attached hydrogens (tertiary/aromatic N) is 2. The summed E-state index contributed by atoms with van der Waals surface area (Å²) in [5.74, 6) is -0.249. The van der Waals surface area contributed by atoms with E-state index in [1.807, 2.05) is 30.3 Å². The maximum atomic E-state index is 12.4. The lowest BCUT2D eigenvalue weighted by Crippen LogP contribution is -2.08. The molecule has 0 atom stereocenters. The number of aromatic nitrogens is 2. The maximum Gasteiger partial charge on any atom is 0.363 e. The van der Waals surface area contributed by atoms with E-state index in [-0.39, 0.29) is 12.3 Å².